The van der Waals surface area contributed by atoms with Crippen molar-refractivity contribution in [3.63, 3.8) is 0 Å². The first-order chi connectivity index (χ1) is 14.4. The van der Waals surface area contributed by atoms with Crippen molar-refractivity contribution >= 4 is 0 Å². The molecule has 1 saturated heterocycles. The molecule has 6 rings (SSSR count). The van der Waals surface area contributed by atoms with Crippen molar-refractivity contribution in [1.29, 1.82) is 0 Å². The zero-order valence-electron chi connectivity index (χ0n) is 18.9. The second-order valence-electron chi connectivity index (χ2n) is 11.5. The number of methoxy groups -OCH3 is 3. The number of aliphatic hydroxyl groups excluding tert-OH is 1. The molecule has 12 atom stereocenters. The number of likely N-dealkylation sites (tertiary alicyclic amines) is 1. The lowest BCUT2D eigenvalue weighted by Crippen LogP contribution is -2.76. The van der Waals surface area contributed by atoms with Gasteiger partial charge in [0.2, 0.25) is 0 Å². The van der Waals surface area contributed by atoms with Gasteiger partial charge in [0.15, 0.2) is 0 Å². The normalized spacial score (nSPS) is 60.8. The maximum Gasteiger partial charge on any atom is 0.0771 e. The Balaban J connectivity index is 1.58. The molecule has 6 heteroatoms. The van der Waals surface area contributed by atoms with E-state index in [1.54, 1.807) is 7.11 Å². The first-order valence-corrected chi connectivity index (χ1v) is 12.1. The Morgan fingerprint density at radius 2 is 1.90 bits per heavy atom. The average Bonchev–Trinajstić information content (AvgIpc) is 3.15. The van der Waals surface area contributed by atoms with Gasteiger partial charge in [-0.15, -0.1) is 0 Å². The van der Waals surface area contributed by atoms with Crippen LogP contribution in [0.2, 0.25) is 0 Å². The van der Waals surface area contributed by atoms with Crippen molar-refractivity contribution in [1.82, 2.24) is 4.90 Å². The lowest BCUT2D eigenvalue weighted by atomic mass is 9.43. The van der Waals surface area contributed by atoms with E-state index >= 15 is 0 Å². The number of ether oxygens (including phenoxy) is 3. The molecule has 2 N–H and O–H groups in total. The number of nitrogens with zero attached hydrogens (tertiary/aromatic N) is 1. The van der Waals surface area contributed by atoms with Crippen molar-refractivity contribution in [3.8, 4) is 0 Å². The number of rotatable bonds is 5. The van der Waals surface area contributed by atoms with Gasteiger partial charge in [-0.05, 0) is 44.1 Å². The minimum absolute atomic E-state index is 0.000283. The van der Waals surface area contributed by atoms with Gasteiger partial charge in [0.1, 0.15) is 0 Å². The Morgan fingerprint density at radius 1 is 1.10 bits per heavy atom. The van der Waals surface area contributed by atoms with E-state index in [1.807, 2.05) is 14.2 Å². The van der Waals surface area contributed by atoms with E-state index in [0.29, 0.717) is 18.4 Å². The fraction of sp³-hybridized carbons (Fsp3) is 1.00. The summed E-state index contributed by atoms with van der Waals surface area (Å²) >= 11 is 0. The van der Waals surface area contributed by atoms with Crippen LogP contribution in [-0.2, 0) is 14.2 Å². The number of piperidine rings is 1. The molecule has 6 fully saturated rings. The van der Waals surface area contributed by atoms with E-state index in [2.05, 4.69) is 11.8 Å². The van der Waals surface area contributed by atoms with Crippen LogP contribution < -0.4 is 0 Å². The highest BCUT2D eigenvalue weighted by molar-refractivity contribution is 5.33. The summed E-state index contributed by atoms with van der Waals surface area (Å²) in [6.07, 6.45) is 4.52. The van der Waals surface area contributed by atoms with Crippen LogP contribution in [0, 0.1) is 40.4 Å². The van der Waals surface area contributed by atoms with E-state index in [0.717, 1.165) is 45.4 Å². The Bertz CT molecular complexity index is 720. The first kappa shape index (κ1) is 20.4. The van der Waals surface area contributed by atoms with E-state index < -0.39 is 11.7 Å². The van der Waals surface area contributed by atoms with Gasteiger partial charge < -0.3 is 24.4 Å². The summed E-state index contributed by atoms with van der Waals surface area (Å²) in [6, 6.07) is 0.329. The molecule has 6 aliphatic rings. The molecule has 1 spiro atoms. The van der Waals surface area contributed by atoms with Crippen LogP contribution in [0.5, 0.6) is 0 Å². The summed E-state index contributed by atoms with van der Waals surface area (Å²) in [5.74, 6) is 1.03. The van der Waals surface area contributed by atoms with Gasteiger partial charge in [-0.1, -0.05) is 6.92 Å². The van der Waals surface area contributed by atoms with Crippen LogP contribution >= 0.6 is 0 Å². The van der Waals surface area contributed by atoms with E-state index in [9.17, 15) is 10.2 Å². The zero-order valence-corrected chi connectivity index (χ0v) is 18.9. The maximum atomic E-state index is 12.4. The van der Waals surface area contributed by atoms with E-state index in [4.69, 9.17) is 14.2 Å². The predicted octanol–water partition coefficient (Wildman–Crippen LogP) is 1.53. The van der Waals surface area contributed by atoms with Crippen LogP contribution in [0.3, 0.4) is 0 Å². The highest BCUT2D eigenvalue weighted by atomic mass is 16.5. The van der Waals surface area contributed by atoms with E-state index in [1.165, 1.54) is 0 Å². The minimum Gasteiger partial charge on any atom is -0.392 e. The molecule has 5 saturated carbocycles. The third-order valence-corrected chi connectivity index (χ3v) is 11.2. The third-order valence-electron chi connectivity index (χ3n) is 11.2. The summed E-state index contributed by atoms with van der Waals surface area (Å²) in [5.41, 5.74) is -0.719. The molecule has 0 aromatic heterocycles. The highest BCUT2D eigenvalue weighted by Crippen LogP contribution is 2.79. The summed E-state index contributed by atoms with van der Waals surface area (Å²) in [7, 11) is 5.48. The Kier molecular flexibility index (Phi) is 4.36. The Hall–Kier alpha value is -0.240. The SMILES string of the molecule is CCN1C[C@]2(COC)CC[C@H](OC)[C@@]34C5C[C@@H]6C(OC)C[C@@](O)(C5C6O)[C@H](CC23)C14. The van der Waals surface area contributed by atoms with Crippen molar-refractivity contribution in [3.05, 3.63) is 0 Å². The molecule has 1 aliphatic heterocycles. The van der Waals surface area contributed by atoms with Gasteiger partial charge in [-0.2, -0.15) is 0 Å². The molecule has 0 amide bonds. The van der Waals surface area contributed by atoms with Gasteiger partial charge in [0.05, 0.1) is 30.5 Å². The number of aliphatic hydroxyl groups is 2. The summed E-state index contributed by atoms with van der Waals surface area (Å²) in [5, 5.41) is 23.8. The fourth-order valence-electron chi connectivity index (χ4n) is 10.7. The molecule has 30 heavy (non-hydrogen) atoms. The van der Waals surface area contributed by atoms with E-state index in [-0.39, 0.29) is 46.7 Å². The van der Waals surface area contributed by atoms with Crippen LogP contribution in [0.15, 0.2) is 0 Å². The molecule has 6 unspecified atom stereocenters. The summed E-state index contributed by atoms with van der Waals surface area (Å²) in [6.45, 7) is 5.11. The molecular weight excluding hydrogens is 382 g/mol. The first-order valence-electron chi connectivity index (χ1n) is 12.1. The lowest BCUT2D eigenvalue weighted by Gasteiger charge is -2.69. The van der Waals surface area contributed by atoms with Crippen molar-refractivity contribution in [2.45, 2.75) is 69.0 Å². The Labute approximate surface area is 180 Å². The van der Waals surface area contributed by atoms with Crippen LogP contribution in [0.4, 0.5) is 0 Å². The number of hydrogen-bond acceptors (Lipinski definition) is 6. The molecule has 0 aromatic rings. The Morgan fingerprint density at radius 3 is 2.57 bits per heavy atom. The van der Waals surface area contributed by atoms with Gasteiger partial charge in [0, 0.05) is 68.9 Å². The van der Waals surface area contributed by atoms with Gasteiger partial charge in [-0.3, -0.25) is 4.90 Å². The van der Waals surface area contributed by atoms with Crippen molar-refractivity contribution in [2.24, 2.45) is 40.4 Å². The van der Waals surface area contributed by atoms with Crippen LogP contribution in [-0.4, -0.2) is 86.1 Å². The van der Waals surface area contributed by atoms with Gasteiger partial charge in [0.25, 0.3) is 0 Å². The standard InChI is InChI=1S/C24H39NO5/c1-5-25-11-22(12-28-2)7-6-18(30-4)24-14-8-13-16(29-3)10-23(27,19(14)20(13)26)15(21(24)25)9-17(22)24/h13-21,26-27H,5-12H2,1-4H3/t13-,14?,15-,16?,17?,18+,19?,20?,21?,22+,23+,24-/m1/s1. The summed E-state index contributed by atoms with van der Waals surface area (Å²) < 4.78 is 18.0. The van der Waals surface area contributed by atoms with Crippen LogP contribution in [0.1, 0.15) is 39.0 Å². The van der Waals surface area contributed by atoms with Crippen LogP contribution in [0.25, 0.3) is 0 Å². The number of hydrogen-bond donors (Lipinski definition) is 2. The van der Waals surface area contributed by atoms with Crippen molar-refractivity contribution < 1.29 is 24.4 Å². The molecule has 170 valence electrons. The molecule has 0 aromatic carbocycles. The monoisotopic (exact) mass is 421 g/mol. The fourth-order valence-corrected chi connectivity index (χ4v) is 10.7. The predicted molar refractivity (Wildman–Crippen MR) is 111 cm³/mol. The molecule has 1 heterocycles. The second-order valence-corrected chi connectivity index (χ2v) is 11.5. The summed E-state index contributed by atoms with van der Waals surface area (Å²) in [4.78, 5) is 2.67. The largest absolute Gasteiger partial charge is 0.392 e. The molecule has 7 bridgehead atoms. The number of fused-ring (bicyclic) bond motifs is 2. The topological polar surface area (TPSA) is 71.4 Å². The van der Waals surface area contributed by atoms with Crippen molar-refractivity contribution in [2.75, 3.05) is 41.0 Å². The molecule has 0 radical (unpaired) electrons. The zero-order chi connectivity index (χ0) is 21.1. The molecular formula is C24H39NO5. The average molecular weight is 422 g/mol. The minimum atomic E-state index is -0.847. The highest BCUT2D eigenvalue weighted by Gasteiger charge is 2.83. The smallest absolute Gasteiger partial charge is 0.0771 e. The van der Waals surface area contributed by atoms with Gasteiger partial charge >= 0.3 is 0 Å². The quantitative estimate of drug-likeness (QED) is 0.702. The third kappa shape index (κ3) is 2.00. The second kappa shape index (κ2) is 6.42. The molecule has 6 nitrogen and oxygen atoms in total. The van der Waals surface area contributed by atoms with Gasteiger partial charge in [-0.25, -0.2) is 0 Å². The maximum absolute atomic E-state index is 12.4. The lowest BCUT2D eigenvalue weighted by molar-refractivity contribution is -0.276. The molecule has 5 aliphatic carbocycles.